The molecule has 0 radical (unpaired) electrons. The smallest absolute Gasteiger partial charge is 0.263 e. The van der Waals surface area contributed by atoms with E-state index >= 15 is 0 Å². The van der Waals surface area contributed by atoms with Crippen LogP contribution in [0.15, 0.2) is 83.8 Å². The molecule has 1 fully saturated rings. The molecule has 0 bridgehead atoms. The number of nitrogens with one attached hydrogen (secondary N) is 1. The molecule has 0 aromatic heterocycles. The van der Waals surface area contributed by atoms with E-state index in [2.05, 4.69) is 17.4 Å². The van der Waals surface area contributed by atoms with Crippen LogP contribution in [0.1, 0.15) is 11.1 Å². The van der Waals surface area contributed by atoms with Gasteiger partial charge < -0.3 is 10.1 Å². The number of hydrogen-bond acceptors (Lipinski definition) is 4. The van der Waals surface area contributed by atoms with Crippen LogP contribution < -0.4 is 10.1 Å². The predicted molar refractivity (Wildman–Crippen MR) is 119 cm³/mol. The van der Waals surface area contributed by atoms with Crippen LogP contribution in [0.25, 0.3) is 17.2 Å². The van der Waals surface area contributed by atoms with E-state index < -0.39 is 0 Å². The lowest BCUT2D eigenvalue weighted by Crippen LogP contribution is -2.17. The van der Waals surface area contributed by atoms with Crippen LogP contribution >= 0.6 is 24.0 Å². The second-order valence-electron chi connectivity index (χ2n) is 6.25. The first-order valence-corrected chi connectivity index (χ1v) is 10.0. The molecule has 3 aromatic rings. The van der Waals surface area contributed by atoms with Crippen molar-refractivity contribution in [3.05, 3.63) is 94.9 Å². The summed E-state index contributed by atoms with van der Waals surface area (Å²) >= 11 is 6.37. The molecule has 1 saturated heterocycles. The Morgan fingerprint density at radius 1 is 0.929 bits per heavy atom. The second-order valence-corrected chi connectivity index (χ2v) is 7.96. The molecule has 0 saturated carbocycles. The van der Waals surface area contributed by atoms with Gasteiger partial charge in [0, 0.05) is 5.56 Å². The van der Waals surface area contributed by atoms with Crippen molar-refractivity contribution >= 4 is 40.3 Å². The topological polar surface area (TPSA) is 38.3 Å². The normalized spacial score (nSPS) is 14.9. The Morgan fingerprint density at radius 3 is 2.32 bits per heavy atom. The van der Waals surface area contributed by atoms with Crippen LogP contribution in [-0.2, 0) is 11.4 Å². The number of carbonyl (C=O) groups excluding carboxylic acids is 1. The molecule has 28 heavy (non-hydrogen) atoms. The van der Waals surface area contributed by atoms with Crippen LogP contribution in [0.5, 0.6) is 5.75 Å². The summed E-state index contributed by atoms with van der Waals surface area (Å²) in [5.74, 6) is 0.552. The van der Waals surface area contributed by atoms with Crippen LogP contribution in [0, 0.1) is 0 Å². The molecule has 5 heteroatoms. The monoisotopic (exact) mass is 403 g/mol. The summed E-state index contributed by atoms with van der Waals surface area (Å²) in [6.45, 7) is 0.458. The van der Waals surface area contributed by atoms with E-state index in [1.54, 1.807) is 0 Å². The van der Waals surface area contributed by atoms with E-state index in [1.807, 2.05) is 72.8 Å². The molecule has 3 nitrogen and oxygen atoms in total. The Bertz CT molecular complexity index is 1050. The van der Waals surface area contributed by atoms with E-state index in [-0.39, 0.29) is 5.91 Å². The molecule has 1 heterocycles. The van der Waals surface area contributed by atoms with Crippen molar-refractivity contribution in [3.8, 4) is 16.9 Å². The van der Waals surface area contributed by atoms with Gasteiger partial charge in [-0.25, -0.2) is 0 Å². The summed E-state index contributed by atoms with van der Waals surface area (Å²) in [4.78, 5) is 12.7. The number of benzene rings is 3. The van der Waals surface area contributed by atoms with Gasteiger partial charge in [0.2, 0.25) is 0 Å². The quantitative estimate of drug-likeness (QED) is 0.456. The van der Waals surface area contributed by atoms with Crippen molar-refractivity contribution in [1.29, 1.82) is 0 Å². The Balaban J connectivity index is 1.69. The molecule has 1 N–H and O–H groups in total. The summed E-state index contributed by atoms with van der Waals surface area (Å²) in [5, 5.41) is 2.66. The fourth-order valence-corrected chi connectivity index (χ4v) is 3.94. The lowest BCUT2D eigenvalue weighted by atomic mass is 10.0. The fourth-order valence-electron chi connectivity index (χ4n) is 2.90. The molecule has 1 aliphatic heterocycles. The summed E-state index contributed by atoms with van der Waals surface area (Å²) < 4.78 is 6.54. The largest absolute Gasteiger partial charge is 0.488 e. The number of rotatable bonds is 5. The van der Waals surface area contributed by atoms with Gasteiger partial charge in [-0.05, 0) is 34.9 Å². The molecule has 0 atom stereocenters. The zero-order valence-corrected chi connectivity index (χ0v) is 16.6. The van der Waals surface area contributed by atoms with E-state index in [1.165, 1.54) is 11.8 Å². The van der Waals surface area contributed by atoms with Gasteiger partial charge in [0.05, 0.1) is 4.91 Å². The molecular weight excluding hydrogens is 386 g/mol. The van der Waals surface area contributed by atoms with E-state index in [9.17, 15) is 4.79 Å². The summed E-state index contributed by atoms with van der Waals surface area (Å²) in [5.41, 5.74) is 4.10. The number of hydrogen-bond donors (Lipinski definition) is 1. The maximum Gasteiger partial charge on any atom is 0.263 e. The first-order valence-electron chi connectivity index (χ1n) is 8.80. The highest BCUT2D eigenvalue weighted by atomic mass is 32.2. The maximum atomic E-state index is 12.1. The van der Waals surface area contributed by atoms with Gasteiger partial charge >= 0.3 is 0 Å². The number of ether oxygens (including phenoxy) is 1. The zero-order valence-electron chi connectivity index (χ0n) is 14.9. The van der Waals surface area contributed by atoms with Gasteiger partial charge in [-0.2, -0.15) is 0 Å². The Labute approximate surface area is 173 Å². The molecule has 0 unspecified atom stereocenters. The van der Waals surface area contributed by atoms with Gasteiger partial charge in [-0.3, -0.25) is 4.79 Å². The standard InChI is InChI=1S/C23H17NO2S2/c25-22-21(28-23(27)24-22)14-19-13-18(17-9-5-2-6-10-17)11-12-20(19)26-15-16-7-3-1-4-8-16/h1-14H,15H2,(H,24,25,27)/b21-14+. The van der Waals surface area contributed by atoms with Crippen molar-refractivity contribution in [1.82, 2.24) is 5.32 Å². The minimum absolute atomic E-state index is 0.172. The predicted octanol–water partition coefficient (Wildman–Crippen LogP) is 5.42. The number of thioether (sulfide) groups is 1. The molecule has 3 aromatic carbocycles. The summed E-state index contributed by atoms with van der Waals surface area (Å²) in [6.07, 6.45) is 1.84. The van der Waals surface area contributed by atoms with E-state index in [0.29, 0.717) is 15.8 Å². The SMILES string of the molecule is O=C1NC(=S)S/C1=C/c1cc(-c2ccccc2)ccc1OCc1ccccc1. The van der Waals surface area contributed by atoms with E-state index in [4.69, 9.17) is 17.0 Å². The van der Waals surface area contributed by atoms with Crippen molar-refractivity contribution in [2.75, 3.05) is 0 Å². The van der Waals surface area contributed by atoms with Crippen LogP contribution in [0.3, 0.4) is 0 Å². The van der Waals surface area contributed by atoms with Crippen molar-refractivity contribution in [2.24, 2.45) is 0 Å². The molecule has 0 spiro atoms. The lowest BCUT2D eigenvalue weighted by Gasteiger charge is -2.12. The van der Waals surface area contributed by atoms with Crippen LogP contribution in [0.4, 0.5) is 0 Å². The van der Waals surface area contributed by atoms with Crippen LogP contribution in [-0.4, -0.2) is 10.2 Å². The van der Waals surface area contributed by atoms with Gasteiger partial charge in [-0.15, -0.1) is 0 Å². The molecule has 138 valence electrons. The average Bonchev–Trinajstić information content (AvgIpc) is 3.05. The zero-order chi connectivity index (χ0) is 19.3. The number of carbonyl (C=O) groups is 1. The van der Waals surface area contributed by atoms with E-state index in [0.717, 1.165) is 28.0 Å². The first-order chi connectivity index (χ1) is 13.7. The lowest BCUT2D eigenvalue weighted by molar-refractivity contribution is -0.115. The third-order valence-electron chi connectivity index (χ3n) is 4.28. The Morgan fingerprint density at radius 2 is 1.64 bits per heavy atom. The summed E-state index contributed by atoms with van der Waals surface area (Å²) in [7, 11) is 0. The number of amides is 1. The highest BCUT2D eigenvalue weighted by Crippen LogP contribution is 2.32. The van der Waals surface area contributed by atoms with Crippen molar-refractivity contribution in [2.45, 2.75) is 6.61 Å². The second kappa shape index (κ2) is 8.42. The fraction of sp³-hybridized carbons (Fsp3) is 0.0435. The molecule has 4 rings (SSSR count). The molecular formula is C23H17NO2S2. The Kier molecular flexibility index (Phi) is 5.55. The van der Waals surface area contributed by atoms with Gasteiger partial charge in [0.1, 0.15) is 16.7 Å². The molecule has 1 amide bonds. The highest BCUT2D eigenvalue weighted by molar-refractivity contribution is 8.26. The minimum atomic E-state index is -0.172. The maximum absolute atomic E-state index is 12.1. The van der Waals surface area contributed by atoms with Crippen molar-refractivity contribution < 1.29 is 9.53 Å². The molecule has 0 aliphatic carbocycles. The third-order valence-corrected chi connectivity index (χ3v) is 5.45. The van der Waals surface area contributed by atoms with Crippen LogP contribution in [0.2, 0.25) is 0 Å². The van der Waals surface area contributed by atoms with Gasteiger partial charge in [-0.1, -0.05) is 90.7 Å². The highest BCUT2D eigenvalue weighted by Gasteiger charge is 2.22. The number of thiocarbonyl (C=S) groups is 1. The van der Waals surface area contributed by atoms with Gasteiger partial charge in [0.25, 0.3) is 5.91 Å². The third kappa shape index (κ3) is 4.32. The summed E-state index contributed by atoms with van der Waals surface area (Å²) in [6, 6.07) is 26.1. The Hall–Kier alpha value is -2.89. The van der Waals surface area contributed by atoms with Crippen molar-refractivity contribution in [3.63, 3.8) is 0 Å². The van der Waals surface area contributed by atoms with Gasteiger partial charge in [0.15, 0.2) is 0 Å². The molecule has 1 aliphatic rings. The average molecular weight is 404 g/mol. The first kappa shape index (κ1) is 18.5. The minimum Gasteiger partial charge on any atom is -0.488 e.